The van der Waals surface area contributed by atoms with Crippen LogP contribution in [0.3, 0.4) is 0 Å². The van der Waals surface area contributed by atoms with Crippen molar-refractivity contribution in [2.75, 3.05) is 12.3 Å². The van der Waals surface area contributed by atoms with Gasteiger partial charge >= 0.3 is 0 Å². The number of allylic oxidation sites excluding steroid dienone is 4. The SMILES string of the molecule is CC(C)(C)[Si](C)(C)OCC(=O)[C@@]12O[C@H](c3ccc(Oc4ccc(N)cc4)cc3)O[C@@H]1C[C@H]1[C@@H]3C[C@H](F)C4=CC(=O)C=C[C@]4(C)[C@@]3(F)[C@@H](O)C[C@@]12C. The van der Waals surface area contributed by atoms with Gasteiger partial charge in [0.05, 0.1) is 18.8 Å². The molecule has 51 heavy (non-hydrogen) atoms. The van der Waals surface area contributed by atoms with Crippen LogP contribution >= 0.6 is 0 Å². The molecule has 2 aromatic rings. The Labute approximate surface area is 299 Å². The molecule has 4 aliphatic carbocycles. The van der Waals surface area contributed by atoms with Crippen molar-refractivity contribution in [1.82, 2.24) is 0 Å². The predicted molar refractivity (Wildman–Crippen MR) is 191 cm³/mol. The lowest BCUT2D eigenvalue weighted by atomic mass is 9.44. The van der Waals surface area contributed by atoms with Gasteiger partial charge in [-0.25, -0.2) is 8.78 Å². The van der Waals surface area contributed by atoms with Crippen LogP contribution in [0.15, 0.2) is 72.3 Å². The Morgan fingerprint density at radius 1 is 1.04 bits per heavy atom. The molecule has 1 saturated heterocycles. The van der Waals surface area contributed by atoms with E-state index in [9.17, 15) is 14.7 Å². The van der Waals surface area contributed by atoms with Crippen LogP contribution in [0, 0.1) is 22.7 Å². The fourth-order valence-electron chi connectivity index (χ4n) is 9.53. The summed E-state index contributed by atoms with van der Waals surface area (Å²) < 4.78 is 59.9. The fraction of sp³-hybridized carbons (Fsp3) is 0.550. The number of fused-ring (bicyclic) bond motifs is 7. The third-order valence-electron chi connectivity index (χ3n) is 13.4. The van der Waals surface area contributed by atoms with Crippen LogP contribution in [-0.2, 0) is 23.5 Å². The number of ether oxygens (including phenoxy) is 3. The first-order valence-electron chi connectivity index (χ1n) is 17.9. The first kappa shape index (κ1) is 36.1. The number of carbonyl (C=O) groups excluding carboxylic acids is 2. The van der Waals surface area contributed by atoms with E-state index >= 15 is 8.78 Å². The highest BCUT2D eigenvalue weighted by Gasteiger charge is 2.80. The van der Waals surface area contributed by atoms with Gasteiger partial charge < -0.3 is 29.5 Å². The second-order valence-corrected chi connectivity index (χ2v) is 21.9. The molecule has 274 valence electrons. The molecule has 0 amide bonds. The van der Waals surface area contributed by atoms with Gasteiger partial charge in [0.1, 0.15) is 17.7 Å². The minimum atomic E-state index is -2.39. The third kappa shape index (κ3) is 5.24. The van der Waals surface area contributed by atoms with E-state index in [0.717, 1.165) is 0 Å². The molecule has 4 fully saturated rings. The maximum absolute atomic E-state index is 17.9. The number of halogens is 2. The van der Waals surface area contributed by atoms with Crippen molar-refractivity contribution < 1.29 is 42.1 Å². The minimum Gasteiger partial charge on any atom is -0.457 e. The normalized spacial score (nSPS) is 38.7. The Balaban J connectivity index is 1.24. The van der Waals surface area contributed by atoms with Crippen molar-refractivity contribution in [3.05, 3.63) is 77.9 Å². The number of benzene rings is 2. The molecule has 1 aliphatic heterocycles. The molecular weight excluding hydrogens is 673 g/mol. The zero-order valence-electron chi connectivity index (χ0n) is 30.4. The van der Waals surface area contributed by atoms with Gasteiger partial charge in [-0.2, -0.15) is 0 Å². The van der Waals surface area contributed by atoms with E-state index in [4.69, 9.17) is 24.4 Å². The Morgan fingerprint density at radius 3 is 2.29 bits per heavy atom. The lowest BCUT2D eigenvalue weighted by Gasteiger charge is -2.63. The molecule has 5 aliphatic rings. The summed E-state index contributed by atoms with van der Waals surface area (Å²) in [5.74, 6) is -1.08. The second-order valence-electron chi connectivity index (χ2n) is 17.1. The van der Waals surface area contributed by atoms with Crippen molar-refractivity contribution in [3.63, 3.8) is 0 Å². The first-order chi connectivity index (χ1) is 23.8. The highest BCUT2D eigenvalue weighted by atomic mass is 28.4. The first-order valence-corrected chi connectivity index (χ1v) is 20.8. The Morgan fingerprint density at radius 2 is 1.67 bits per heavy atom. The smallest absolute Gasteiger partial charge is 0.192 e. The van der Waals surface area contributed by atoms with Gasteiger partial charge in [0.15, 0.2) is 37.4 Å². The summed E-state index contributed by atoms with van der Waals surface area (Å²) in [7, 11) is -2.39. The maximum Gasteiger partial charge on any atom is 0.192 e. The lowest BCUT2D eigenvalue weighted by Crippen LogP contribution is -2.71. The summed E-state index contributed by atoms with van der Waals surface area (Å²) in [6, 6.07) is 14.2. The standard InChI is InChI=1S/C40H49F2NO7Si/c1-36(2,3)51(6,7)47-22-33(46)40-34(49-35(50-40)23-8-12-26(13-9-23)48-27-14-10-24(43)11-15-27)20-28-29-19-31(41)30-18-25(44)16-17-37(30,4)39(29,42)32(45)21-38(28,40)5/h8-18,28-29,31-32,34-35,45H,19-22,43H2,1-7H3/t28-,29-,31-,32-,34+,35+,37-,38-,39-,40+/m0/s1. The zero-order chi connectivity index (χ0) is 36.9. The number of alkyl halides is 2. The molecule has 3 saturated carbocycles. The van der Waals surface area contributed by atoms with Crippen molar-refractivity contribution in [3.8, 4) is 11.5 Å². The average Bonchev–Trinajstić information content (AvgIpc) is 3.56. The van der Waals surface area contributed by atoms with Crippen LogP contribution in [0.25, 0.3) is 0 Å². The van der Waals surface area contributed by atoms with Crippen LogP contribution in [-0.4, -0.2) is 61.2 Å². The number of hydrogen-bond donors (Lipinski definition) is 2. The Hall–Kier alpha value is -3.22. The highest BCUT2D eigenvalue weighted by Crippen LogP contribution is 2.72. The van der Waals surface area contributed by atoms with Crippen molar-refractivity contribution in [2.24, 2.45) is 22.7 Å². The number of Topliss-reactive ketones (excluding diaryl/α,β-unsaturated/α-hetero) is 1. The van der Waals surface area contributed by atoms with Gasteiger partial charge in [-0.1, -0.05) is 45.9 Å². The third-order valence-corrected chi connectivity index (χ3v) is 17.9. The van der Waals surface area contributed by atoms with Crippen LogP contribution < -0.4 is 10.5 Å². The number of hydrogen-bond acceptors (Lipinski definition) is 8. The van der Waals surface area contributed by atoms with E-state index in [-0.39, 0.29) is 42.3 Å². The molecule has 8 nitrogen and oxygen atoms in total. The summed E-state index contributed by atoms with van der Waals surface area (Å²) in [4.78, 5) is 27.1. The number of nitrogen functional groups attached to an aromatic ring is 1. The maximum atomic E-state index is 17.9. The topological polar surface area (TPSA) is 117 Å². The summed E-state index contributed by atoms with van der Waals surface area (Å²) in [5.41, 5.74) is 0.573. The van der Waals surface area contributed by atoms with E-state index in [2.05, 4.69) is 33.9 Å². The number of carbonyl (C=O) groups is 2. The van der Waals surface area contributed by atoms with E-state index in [1.165, 1.54) is 18.2 Å². The van der Waals surface area contributed by atoms with Gasteiger partial charge in [0.2, 0.25) is 0 Å². The molecule has 0 bridgehead atoms. The van der Waals surface area contributed by atoms with Crippen LogP contribution in [0.4, 0.5) is 14.5 Å². The molecule has 0 aromatic heterocycles. The van der Waals surface area contributed by atoms with Gasteiger partial charge in [-0.15, -0.1) is 0 Å². The van der Waals surface area contributed by atoms with Crippen LogP contribution in [0.5, 0.6) is 11.5 Å². The van der Waals surface area contributed by atoms with Crippen molar-refractivity contribution in [2.45, 2.75) is 108 Å². The number of anilines is 1. The molecule has 10 atom stereocenters. The average molecular weight is 722 g/mol. The van der Waals surface area contributed by atoms with Gasteiger partial charge in [-0.3, -0.25) is 9.59 Å². The highest BCUT2D eigenvalue weighted by molar-refractivity contribution is 6.74. The molecule has 0 spiro atoms. The minimum absolute atomic E-state index is 0.0551. The lowest BCUT2D eigenvalue weighted by molar-refractivity contribution is -0.235. The largest absolute Gasteiger partial charge is 0.457 e. The molecule has 3 N–H and O–H groups in total. The molecule has 0 radical (unpaired) electrons. The van der Waals surface area contributed by atoms with E-state index in [1.807, 2.05) is 19.1 Å². The summed E-state index contributed by atoms with van der Waals surface area (Å²) in [5, 5.41) is 11.8. The Bertz CT molecular complexity index is 1790. The number of aliphatic hydroxyl groups is 1. The quantitative estimate of drug-likeness (QED) is 0.221. The van der Waals surface area contributed by atoms with Crippen LogP contribution in [0.2, 0.25) is 18.1 Å². The summed E-state index contributed by atoms with van der Waals surface area (Å²) >= 11 is 0. The summed E-state index contributed by atoms with van der Waals surface area (Å²) in [6.07, 6.45) is -1.19. The zero-order valence-corrected chi connectivity index (χ0v) is 31.4. The molecule has 7 rings (SSSR count). The number of aliphatic hydroxyl groups excluding tert-OH is 1. The molecule has 11 heteroatoms. The monoisotopic (exact) mass is 721 g/mol. The Kier molecular flexibility index (Phi) is 8.43. The van der Waals surface area contributed by atoms with E-state index in [0.29, 0.717) is 22.7 Å². The van der Waals surface area contributed by atoms with E-state index < -0.39 is 72.7 Å². The van der Waals surface area contributed by atoms with Gasteiger partial charge in [0.25, 0.3) is 0 Å². The molecule has 0 unspecified atom stereocenters. The van der Waals surface area contributed by atoms with Crippen molar-refractivity contribution in [1.29, 1.82) is 0 Å². The number of nitrogens with two attached hydrogens (primary N) is 1. The number of rotatable bonds is 7. The molecule has 2 aromatic carbocycles. The van der Waals surface area contributed by atoms with Crippen molar-refractivity contribution >= 4 is 25.6 Å². The molecular formula is C40H49F2NO7Si. The van der Waals surface area contributed by atoms with Gasteiger partial charge in [0, 0.05) is 28.0 Å². The summed E-state index contributed by atoms with van der Waals surface area (Å²) in [6.45, 7) is 13.6. The predicted octanol–water partition coefficient (Wildman–Crippen LogP) is 7.73. The van der Waals surface area contributed by atoms with Gasteiger partial charge in [-0.05, 0) is 104 Å². The van der Waals surface area contributed by atoms with Crippen LogP contribution in [0.1, 0.15) is 65.7 Å². The fourth-order valence-corrected chi connectivity index (χ4v) is 10.5. The second kappa shape index (κ2) is 11.9. The van der Waals surface area contributed by atoms with E-state index in [1.54, 1.807) is 43.3 Å². The number of ketones is 2. The molecule has 1 heterocycles.